The summed E-state index contributed by atoms with van der Waals surface area (Å²) in [5, 5.41) is 10.3. The maximum atomic E-state index is 13.9. The molecule has 1 N–H and O–H groups in total. The largest absolute Gasteiger partial charge is 0.502 e. The molecule has 1 aliphatic heterocycles. The Bertz CT molecular complexity index is 1600. The van der Waals surface area contributed by atoms with Crippen LogP contribution in [0, 0.1) is 23.7 Å². The number of allylic oxidation sites excluding steroid dienone is 7. The Morgan fingerprint density at radius 3 is 2.29 bits per heavy atom. The van der Waals surface area contributed by atoms with Crippen molar-refractivity contribution >= 4 is 35.1 Å². The van der Waals surface area contributed by atoms with Crippen molar-refractivity contribution in [3.63, 3.8) is 0 Å². The van der Waals surface area contributed by atoms with Gasteiger partial charge in [0.1, 0.15) is 0 Å². The number of hydrogen-bond donors (Lipinski definition) is 1. The zero-order chi connectivity index (χ0) is 29.0. The minimum Gasteiger partial charge on any atom is -0.502 e. The molecule has 3 aliphatic carbocycles. The number of phenols is 1. The van der Waals surface area contributed by atoms with Gasteiger partial charge in [0.15, 0.2) is 23.1 Å². The third-order valence-corrected chi connectivity index (χ3v) is 8.61. The Balaban J connectivity index is 1.44. The number of amides is 2. The average molecular weight is 552 g/mol. The number of phenolic OH excluding ortho intramolecular Hbond substituents is 1. The second kappa shape index (κ2) is 10.0. The van der Waals surface area contributed by atoms with Gasteiger partial charge >= 0.3 is 0 Å². The molecular weight excluding hydrogens is 522 g/mol. The number of Topliss-reactive ketones (excluding diaryl/α,β-unsaturated/α-hetero) is 1. The summed E-state index contributed by atoms with van der Waals surface area (Å²) in [6, 6.07) is 12.2. The molecule has 0 aromatic heterocycles. The van der Waals surface area contributed by atoms with Gasteiger partial charge in [-0.3, -0.25) is 24.1 Å². The number of fused-ring (bicyclic) bond motifs is 3. The first-order chi connectivity index (χ1) is 19.7. The van der Waals surface area contributed by atoms with E-state index in [0.717, 1.165) is 5.57 Å². The topological polar surface area (TPSA) is 110 Å². The highest BCUT2D eigenvalue weighted by atomic mass is 16.5. The molecule has 41 heavy (non-hydrogen) atoms. The number of carbonyl (C=O) groups is 4. The van der Waals surface area contributed by atoms with Crippen LogP contribution < -0.4 is 14.4 Å². The number of ether oxygens (including phenoxy) is 2. The van der Waals surface area contributed by atoms with Crippen LogP contribution in [0.25, 0.3) is 6.08 Å². The van der Waals surface area contributed by atoms with Crippen LogP contribution >= 0.6 is 0 Å². The number of ketones is 2. The van der Waals surface area contributed by atoms with Gasteiger partial charge in [0.25, 0.3) is 0 Å². The lowest BCUT2D eigenvalue weighted by molar-refractivity contribution is -0.123. The Morgan fingerprint density at radius 1 is 0.951 bits per heavy atom. The molecule has 208 valence electrons. The normalized spacial score (nSPS) is 25.6. The Hall–Kier alpha value is -4.72. The monoisotopic (exact) mass is 551 g/mol. The standard InChI is InChI=1S/C33H29NO7/c1-17-13-25(35)24-16-23-20(11-12-22-29(23)33(39)34(32(22)38)19-7-5-4-6-8-19)21(28(24)30(17)36)10-9-18-14-26(40-2)31(37)27(15-18)41-3/h4-11,13-15,21-23,29,37H,12,16H2,1-3H3/t21-,22-,23+,29-/m0/s1. The summed E-state index contributed by atoms with van der Waals surface area (Å²) in [5.74, 6) is -2.75. The van der Waals surface area contributed by atoms with Crippen molar-refractivity contribution < 1.29 is 33.8 Å². The molecule has 2 aromatic rings. The van der Waals surface area contributed by atoms with Gasteiger partial charge in [-0.05, 0) is 61.6 Å². The number of carbonyl (C=O) groups excluding carboxylic acids is 4. The average Bonchev–Trinajstić information content (AvgIpc) is 3.24. The fraction of sp³-hybridized carbons (Fsp3) is 0.273. The molecule has 8 nitrogen and oxygen atoms in total. The summed E-state index contributed by atoms with van der Waals surface area (Å²) in [4.78, 5) is 55.3. The lowest BCUT2D eigenvalue weighted by atomic mass is 9.60. The highest BCUT2D eigenvalue weighted by Crippen LogP contribution is 2.53. The smallest absolute Gasteiger partial charge is 0.238 e. The number of anilines is 1. The fourth-order valence-electron chi connectivity index (χ4n) is 6.69. The molecule has 4 aliphatic rings. The second-order valence-electron chi connectivity index (χ2n) is 10.8. The molecular formula is C33H29NO7. The molecule has 0 spiro atoms. The van der Waals surface area contributed by atoms with Crippen molar-refractivity contribution in [3.8, 4) is 17.2 Å². The molecule has 1 heterocycles. The van der Waals surface area contributed by atoms with Crippen LogP contribution in [0.5, 0.6) is 17.2 Å². The molecule has 2 amide bonds. The van der Waals surface area contributed by atoms with Crippen LogP contribution in [0.4, 0.5) is 5.69 Å². The number of nitrogens with zero attached hydrogens (tertiary/aromatic N) is 1. The lowest BCUT2D eigenvalue weighted by Crippen LogP contribution is -2.40. The maximum Gasteiger partial charge on any atom is 0.238 e. The SMILES string of the molecule is COc1cc(C=C[C@H]2C3=CC[C@@H]4C(=O)N(c5ccccc5)C(=O)[C@@H]4[C@@H]3CC3=C2C(=O)C(C)=CC3=O)cc(OC)c1O. The molecule has 0 bridgehead atoms. The molecule has 0 saturated carbocycles. The number of para-hydroxylation sites is 1. The van der Waals surface area contributed by atoms with Crippen molar-refractivity contribution in [1.29, 1.82) is 0 Å². The van der Waals surface area contributed by atoms with Gasteiger partial charge in [-0.2, -0.15) is 0 Å². The maximum absolute atomic E-state index is 13.9. The van der Waals surface area contributed by atoms with E-state index in [1.807, 2.05) is 18.2 Å². The lowest BCUT2D eigenvalue weighted by Gasteiger charge is -2.41. The zero-order valence-corrected chi connectivity index (χ0v) is 22.9. The van der Waals surface area contributed by atoms with Crippen molar-refractivity contribution in [2.24, 2.45) is 23.7 Å². The minimum atomic E-state index is -0.628. The van der Waals surface area contributed by atoms with E-state index in [4.69, 9.17) is 9.47 Å². The Kier molecular flexibility index (Phi) is 6.49. The van der Waals surface area contributed by atoms with E-state index in [0.29, 0.717) is 34.4 Å². The summed E-state index contributed by atoms with van der Waals surface area (Å²) in [6.45, 7) is 1.63. The van der Waals surface area contributed by atoms with Crippen LogP contribution in [0.3, 0.4) is 0 Å². The van der Waals surface area contributed by atoms with Crippen LogP contribution in [0.1, 0.15) is 25.3 Å². The number of imide groups is 1. The van der Waals surface area contributed by atoms with E-state index < -0.39 is 23.7 Å². The molecule has 0 radical (unpaired) electrons. The van der Waals surface area contributed by atoms with Crippen molar-refractivity contribution in [2.45, 2.75) is 19.8 Å². The number of hydrogen-bond acceptors (Lipinski definition) is 7. The first-order valence-electron chi connectivity index (χ1n) is 13.5. The fourth-order valence-corrected chi connectivity index (χ4v) is 6.69. The number of methoxy groups -OCH3 is 2. The number of rotatable bonds is 5. The van der Waals surface area contributed by atoms with Gasteiger partial charge in [0.05, 0.1) is 31.7 Å². The Labute approximate surface area is 237 Å². The first kappa shape index (κ1) is 26.5. The van der Waals surface area contributed by atoms with E-state index in [2.05, 4.69) is 0 Å². The van der Waals surface area contributed by atoms with E-state index in [9.17, 15) is 24.3 Å². The van der Waals surface area contributed by atoms with Gasteiger partial charge in [-0.15, -0.1) is 0 Å². The zero-order valence-electron chi connectivity index (χ0n) is 22.9. The molecule has 8 heteroatoms. The number of benzene rings is 2. The first-order valence-corrected chi connectivity index (χ1v) is 13.5. The van der Waals surface area contributed by atoms with Crippen LogP contribution in [0.15, 0.2) is 83.0 Å². The van der Waals surface area contributed by atoms with Gasteiger partial charge in [0, 0.05) is 22.6 Å². The van der Waals surface area contributed by atoms with Crippen molar-refractivity contribution in [2.75, 3.05) is 19.1 Å². The van der Waals surface area contributed by atoms with Gasteiger partial charge in [-0.1, -0.05) is 42.0 Å². The summed E-state index contributed by atoms with van der Waals surface area (Å²) in [6.07, 6.45) is 7.58. The molecule has 1 saturated heterocycles. The molecule has 6 rings (SSSR count). The second-order valence-corrected chi connectivity index (χ2v) is 10.8. The highest BCUT2D eigenvalue weighted by Gasteiger charge is 2.56. The summed E-state index contributed by atoms with van der Waals surface area (Å²) in [5.41, 5.74) is 3.24. The summed E-state index contributed by atoms with van der Waals surface area (Å²) < 4.78 is 10.6. The molecule has 2 aromatic carbocycles. The molecule has 1 fully saturated rings. The predicted molar refractivity (Wildman–Crippen MR) is 151 cm³/mol. The van der Waals surface area contributed by atoms with Crippen LogP contribution in [0.2, 0.25) is 0 Å². The van der Waals surface area contributed by atoms with Crippen molar-refractivity contribution in [3.05, 3.63) is 88.5 Å². The quantitative estimate of drug-likeness (QED) is 0.329. The molecule has 0 unspecified atom stereocenters. The molecule has 4 atom stereocenters. The van der Waals surface area contributed by atoms with Crippen LogP contribution in [-0.2, 0) is 19.2 Å². The van der Waals surface area contributed by atoms with E-state index >= 15 is 0 Å². The number of aromatic hydroxyl groups is 1. The highest BCUT2D eigenvalue weighted by molar-refractivity contribution is 6.24. The predicted octanol–water partition coefficient (Wildman–Crippen LogP) is 4.59. The van der Waals surface area contributed by atoms with E-state index in [1.165, 1.54) is 25.2 Å². The van der Waals surface area contributed by atoms with Crippen LogP contribution in [-0.4, -0.2) is 42.7 Å². The minimum absolute atomic E-state index is 0.128. The van der Waals surface area contributed by atoms with Gasteiger partial charge < -0.3 is 14.6 Å². The Morgan fingerprint density at radius 2 is 1.63 bits per heavy atom. The van der Waals surface area contributed by atoms with E-state index in [1.54, 1.807) is 49.4 Å². The third-order valence-electron chi connectivity index (χ3n) is 8.61. The summed E-state index contributed by atoms with van der Waals surface area (Å²) >= 11 is 0. The van der Waals surface area contributed by atoms with Gasteiger partial charge in [0.2, 0.25) is 17.6 Å². The van der Waals surface area contributed by atoms with Gasteiger partial charge in [-0.25, -0.2) is 0 Å². The third kappa shape index (κ3) is 4.13. The van der Waals surface area contributed by atoms with Crippen molar-refractivity contribution in [1.82, 2.24) is 0 Å². The summed E-state index contributed by atoms with van der Waals surface area (Å²) in [7, 11) is 2.88. The van der Waals surface area contributed by atoms with E-state index in [-0.39, 0.29) is 47.1 Å².